The van der Waals surface area contributed by atoms with E-state index in [0.717, 1.165) is 29.4 Å². The first-order chi connectivity index (χ1) is 9.52. The van der Waals surface area contributed by atoms with Crippen molar-refractivity contribution in [2.75, 3.05) is 11.8 Å². The van der Waals surface area contributed by atoms with Crippen LogP contribution in [0.3, 0.4) is 0 Å². The van der Waals surface area contributed by atoms with E-state index in [1.165, 1.54) is 13.2 Å². The predicted octanol–water partition coefficient (Wildman–Crippen LogP) is 4.37. The highest BCUT2D eigenvalue weighted by Crippen LogP contribution is 2.35. The molecule has 0 saturated heterocycles. The van der Waals surface area contributed by atoms with Crippen LogP contribution in [0.1, 0.15) is 9.67 Å². The number of nitrogens with one attached hydrogen (secondary N) is 1. The summed E-state index contributed by atoms with van der Waals surface area (Å²) >= 11 is 8.13. The third-order valence-corrected chi connectivity index (χ3v) is 4.54. The van der Waals surface area contributed by atoms with E-state index in [0.29, 0.717) is 10.6 Å². The molecule has 0 atom stereocenters. The van der Waals surface area contributed by atoms with Gasteiger partial charge in [-0.1, -0.05) is 11.6 Å². The Hall–Kier alpha value is -1.44. The van der Waals surface area contributed by atoms with Crippen molar-refractivity contribution in [1.29, 1.82) is 0 Å². The van der Waals surface area contributed by atoms with Gasteiger partial charge in [-0.15, -0.1) is 11.3 Å². The van der Waals surface area contributed by atoms with Gasteiger partial charge in [-0.2, -0.15) is 0 Å². The van der Waals surface area contributed by atoms with E-state index in [2.05, 4.69) is 4.72 Å². The molecule has 2 aromatic rings. The molecule has 1 aromatic heterocycles. The Balaban J connectivity index is 2.18. The quantitative estimate of drug-likeness (QED) is 0.796. The second-order valence-electron chi connectivity index (χ2n) is 3.59. The zero-order chi connectivity index (χ0) is 14.7. The fraction of sp³-hybridized carbons (Fsp3) is 0.0833. The Kier molecular flexibility index (Phi) is 4.74. The van der Waals surface area contributed by atoms with Gasteiger partial charge in [0.2, 0.25) is 0 Å². The van der Waals surface area contributed by atoms with Gasteiger partial charge in [0.05, 0.1) is 22.7 Å². The van der Waals surface area contributed by atoms with E-state index < -0.39 is 11.8 Å². The van der Waals surface area contributed by atoms with Gasteiger partial charge in [-0.05, 0) is 29.5 Å². The number of aromatic carboxylic acids is 1. The summed E-state index contributed by atoms with van der Waals surface area (Å²) in [6.45, 7) is 0. The standard InChI is InChI=1S/C12H9ClFNO3S2/c1-18-9-5-10(6(13)4-7(9)14)20-15-8-2-3-19-11(8)12(16)17/h2-5,15H,1H3,(H,16,17). The average Bonchev–Trinajstić information content (AvgIpc) is 2.86. The van der Waals surface area contributed by atoms with Crippen molar-refractivity contribution < 1.29 is 19.0 Å². The summed E-state index contributed by atoms with van der Waals surface area (Å²) in [7, 11) is 1.36. The van der Waals surface area contributed by atoms with Crippen LogP contribution in [0, 0.1) is 5.82 Å². The summed E-state index contributed by atoms with van der Waals surface area (Å²) in [4.78, 5) is 11.7. The van der Waals surface area contributed by atoms with Gasteiger partial charge in [0.1, 0.15) is 4.88 Å². The Morgan fingerprint density at radius 3 is 2.95 bits per heavy atom. The number of methoxy groups -OCH3 is 1. The molecule has 2 N–H and O–H groups in total. The van der Waals surface area contributed by atoms with E-state index in [4.69, 9.17) is 21.4 Å². The number of thiophene rings is 1. The van der Waals surface area contributed by atoms with Crippen molar-refractivity contribution in [1.82, 2.24) is 0 Å². The van der Waals surface area contributed by atoms with Crippen LogP contribution in [0.25, 0.3) is 0 Å². The first kappa shape index (κ1) is 15.0. The minimum atomic E-state index is -1.01. The van der Waals surface area contributed by atoms with Crippen LogP contribution < -0.4 is 9.46 Å². The van der Waals surface area contributed by atoms with Gasteiger partial charge in [-0.3, -0.25) is 0 Å². The highest BCUT2D eigenvalue weighted by atomic mass is 35.5. The molecule has 8 heteroatoms. The van der Waals surface area contributed by atoms with E-state index in [1.807, 2.05) is 0 Å². The van der Waals surface area contributed by atoms with Crippen LogP contribution in [0.2, 0.25) is 5.02 Å². The SMILES string of the molecule is COc1cc(SNc2ccsc2C(=O)O)c(Cl)cc1F. The van der Waals surface area contributed by atoms with Crippen molar-refractivity contribution >= 4 is 46.5 Å². The summed E-state index contributed by atoms with van der Waals surface area (Å²) < 4.78 is 21.2. The second-order valence-corrected chi connectivity index (χ2v) is 5.76. The van der Waals surface area contributed by atoms with Gasteiger partial charge < -0.3 is 14.6 Å². The number of hydrogen-bond donors (Lipinski definition) is 2. The fourth-order valence-electron chi connectivity index (χ4n) is 1.41. The van der Waals surface area contributed by atoms with Crippen LogP contribution in [0.15, 0.2) is 28.5 Å². The molecule has 106 valence electrons. The van der Waals surface area contributed by atoms with E-state index in [9.17, 15) is 9.18 Å². The van der Waals surface area contributed by atoms with Crippen LogP contribution in [-0.4, -0.2) is 18.2 Å². The Labute approximate surface area is 127 Å². The number of rotatable bonds is 5. The largest absolute Gasteiger partial charge is 0.494 e. The van der Waals surface area contributed by atoms with Crippen molar-refractivity contribution in [3.05, 3.63) is 39.3 Å². The molecule has 0 aliphatic carbocycles. The number of anilines is 1. The molecule has 1 aromatic carbocycles. The van der Waals surface area contributed by atoms with E-state index in [-0.39, 0.29) is 15.6 Å². The Bertz CT molecular complexity index is 648. The van der Waals surface area contributed by atoms with Crippen LogP contribution >= 0.6 is 34.9 Å². The van der Waals surface area contributed by atoms with Crippen molar-refractivity contribution in [2.24, 2.45) is 0 Å². The third kappa shape index (κ3) is 3.17. The van der Waals surface area contributed by atoms with E-state index >= 15 is 0 Å². The molecule has 2 rings (SSSR count). The fourth-order valence-corrected chi connectivity index (χ4v) is 3.14. The first-order valence-electron chi connectivity index (χ1n) is 5.29. The van der Waals surface area contributed by atoms with Crippen LogP contribution in [0.4, 0.5) is 10.1 Å². The van der Waals surface area contributed by atoms with Crippen LogP contribution in [0.5, 0.6) is 5.75 Å². The summed E-state index contributed by atoms with van der Waals surface area (Å²) in [5, 5.41) is 10.9. The molecule has 4 nitrogen and oxygen atoms in total. The van der Waals surface area contributed by atoms with Gasteiger partial charge >= 0.3 is 5.97 Å². The summed E-state index contributed by atoms with van der Waals surface area (Å²) in [6.07, 6.45) is 0. The van der Waals surface area contributed by atoms with Crippen molar-refractivity contribution in [3.63, 3.8) is 0 Å². The topological polar surface area (TPSA) is 58.6 Å². The monoisotopic (exact) mass is 333 g/mol. The summed E-state index contributed by atoms with van der Waals surface area (Å²) in [5.74, 6) is -1.49. The zero-order valence-corrected chi connectivity index (χ0v) is 12.5. The molecule has 0 unspecified atom stereocenters. The number of carbonyl (C=O) groups is 1. The van der Waals surface area contributed by atoms with Crippen molar-refractivity contribution in [3.8, 4) is 5.75 Å². The lowest BCUT2D eigenvalue weighted by atomic mass is 10.3. The van der Waals surface area contributed by atoms with Gasteiger partial charge in [-0.25, -0.2) is 9.18 Å². The zero-order valence-electron chi connectivity index (χ0n) is 10.1. The normalized spacial score (nSPS) is 10.3. The Morgan fingerprint density at radius 2 is 2.30 bits per heavy atom. The lowest BCUT2D eigenvalue weighted by Gasteiger charge is -2.09. The molecule has 20 heavy (non-hydrogen) atoms. The Morgan fingerprint density at radius 1 is 1.55 bits per heavy atom. The lowest BCUT2D eigenvalue weighted by Crippen LogP contribution is -1.97. The number of halogens is 2. The lowest BCUT2D eigenvalue weighted by molar-refractivity contribution is 0.0703. The molecular weight excluding hydrogens is 325 g/mol. The molecule has 0 radical (unpaired) electrons. The summed E-state index contributed by atoms with van der Waals surface area (Å²) in [5.41, 5.74) is 0.465. The number of benzene rings is 1. The summed E-state index contributed by atoms with van der Waals surface area (Å²) in [6, 6.07) is 4.24. The maximum Gasteiger partial charge on any atom is 0.348 e. The van der Waals surface area contributed by atoms with Gasteiger partial charge in [0.25, 0.3) is 0 Å². The third-order valence-electron chi connectivity index (χ3n) is 2.34. The van der Waals surface area contributed by atoms with Crippen molar-refractivity contribution in [2.45, 2.75) is 4.90 Å². The minimum absolute atomic E-state index is 0.0717. The molecule has 0 saturated carbocycles. The average molecular weight is 334 g/mol. The maximum atomic E-state index is 13.4. The smallest absolute Gasteiger partial charge is 0.348 e. The van der Waals surface area contributed by atoms with Crippen LogP contribution in [-0.2, 0) is 0 Å². The molecule has 0 spiro atoms. The molecule has 0 fully saturated rings. The number of carboxylic acid groups (broad SMARTS) is 1. The van der Waals surface area contributed by atoms with E-state index in [1.54, 1.807) is 11.4 Å². The molecule has 0 aliphatic rings. The molecule has 1 heterocycles. The van der Waals surface area contributed by atoms with Gasteiger partial charge in [0.15, 0.2) is 11.6 Å². The maximum absolute atomic E-state index is 13.4. The second kappa shape index (κ2) is 6.34. The highest BCUT2D eigenvalue weighted by Gasteiger charge is 2.14. The predicted molar refractivity (Wildman–Crippen MR) is 78.7 cm³/mol. The number of hydrogen-bond acceptors (Lipinski definition) is 5. The molecular formula is C12H9ClFNO3S2. The highest BCUT2D eigenvalue weighted by molar-refractivity contribution is 8.00. The minimum Gasteiger partial charge on any atom is -0.494 e. The van der Waals surface area contributed by atoms with Gasteiger partial charge in [0, 0.05) is 6.07 Å². The molecule has 0 amide bonds. The number of ether oxygens (including phenoxy) is 1. The molecule has 0 aliphatic heterocycles. The first-order valence-corrected chi connectivity index (χ1v) is 7.37. The molecule has 0 bridgehead atoms. The number of carboxylic acids is 1.